The molecule has 98 valence electrons. The van der Waals surface area contributed by atoms with Gasteiger partial charge in [-0.15, -0.1) is 0 Å². The Hall–Kier alpha value is -1.42. The van der Waals surface area contributed by atoms with E-state index in [1.54, 1.807) is 6.07 Å². The smallest absolute Gasteiger partial charge is 0.354 e. The summed E-state index contributed by atoms with van der Waals surface area (Å²) in [6.45, 7) is 6.17. The molecule has 0 radical (unpaired) electrons. The number of aromatic carboxylic acids is 1. The molecule has 1 aromatic heterocycles. The highest BCUT2D eigenvalue weighted by Gasteiger charge is 2.25. The van der Waals surface area contributed by atoms with Gasteiger partial charge in [-0.1, -0.05) is 6.07 Å². The zero-order valence-electron chi connectivity index (χ0n) is 11.0. The fraction of sp³-hybridized carbons (Fsp3) is 0.571. The molecule has 0 spiro atoms. The van der Waals surface area contributed by atoms with Crippen molar-refractivity contribution in [3.63, 3.8) is 0 Å². The summed E-state index contributed by atoms with van der Waals surface area (Å²) in [5, 5.41) is 8.93. The zero-order valence-corrected chi connectivity index (χ0v) is 11.0. The molecule has 1 fully saturated rings. The van der Waals surface area contributed by atoms with Crippen LogP contribution in [0.1, 0.15) is 42.9 Å². The maximum absolute atomic E-state index is 10.9. The topological polar surface area (TPSA) is 53.4 Å². The van der Waals surface area contributed by atoms with Crippen molar-refractivity contribution in [2.75, 3.05) is 6.54 Å². The van der Waals surface area contributed by atoms with Crippen LogP contribution in [0.4, 0.5) is 0 Å². The molecule has 0 aliphatic heterocycles. The molecular weight excluding hydrogens is 228 g/mol. The Morgan fingerprint density at radius 2 is 2.22 bits per heavy atom. The van der Waals surface area contributed by atoms with Crippen LogP contribution in [0.5, 0.6) is 0 Å². The van der Waals surface area contributed by atoms with Gasteiger partial charge in [-0.05, 0) is 44.7 Å². The van der Waals surface area contributed by atoms with Crippen molar-refractivity contribution in [3.05, 3.63) is 29.6 Å². The summed E-state index contributed by atoms with van der Waals surface area (Å²) < 4.78 is 0. The summed E-state index contributed by atoms with van der Waals surface area (Å²) in [5.41, 5.74) is 0.965. The highest BCUT2D eigenvalue weighted by molar-refractivity contribution is 5.85. The number of carboxylic acids is 1. The quantitative estimate of drug-likeness (QED) is 0.840. The van der Waals surface area contributed by atoms with Crippen LogP contribution in [0.2, 0.25) is 0 Å². The van der Waals surface area contributed by atoms with Crippen LogP contribution in [0.15, 0.2) is 18.2 Å². The summed E-state index contributed by atoms with van der Waals surface area (Å²) in [4.78, 5) is 17.4. The van der Waals surface area contributed by atoms with Crippen LogP contribution in [0.3, 0.4) is 0 Å². The SMILES string of the molecule is CC(C)N(Cc1cccc(C(=O)O)n1)CC1CC1. The lowest BCUT2D eigenvalue weighted by atomic mass is 10.2. The van der Waals surface area contributed by atoms with Gasteiger partial charge in [-0.25, -0.2) is 9.78 Å². The molecule has 1 saturated carbocycles. The second-order valence-corrected chi connectivity index (χ2v) is 5.29. The fourth-order valence-corrected chi connectivity index (χ4v) is 1.98. The Balaban J connectivity index is 2.05. The number of rotatable bonds is 6. The van der Waals surface area contributed by atoms with E-state index in [4.69, 9.17) is 5.11 Å². The minimum Gasteiger partial charge on any atom is -0.477 e. The van der Waals surface area contributed by atoms with Crippen LogP contribution >= 0.6 is 0 Å². The normalized spacial score (nSPS) is 15.3. The van der Waals surface area contributed by atoms with Crippen molar-refractivity contribution < 1.29 is 9.90 Å². The van der Waals surface area contributed by atoms with Crippen LogP contribution in [-0.4, -0.2) is 33.5 Å². The summed E-state index contributed by atoms with van der Waals surface area (Å²) in [6.07, 6.45) is 2.65. The third kappa shape index (κ3) is 3.53. The molecule has 0 unspecified atom stereocenters. The average molecular weight is 248 g/mol. The highest BCUT2D eigenvalue weighted by atomic mass is 16.4. The first-order valence-electron chi connectivity index (χ1n) is 6.49. The van der Waals surface area contributed by atoms with E-state index in [2.05, 4.69) is 23.7 Å². The molecule has 0 saturated heterocycles. The van der Waals surface area contributed by atoms with Gasteiger partial charge in [-0.2, -0.15) is 0 Å². The number of pyridine rings is 1. The van der Waals surface area contributed by atoms with Gasteiger partial charge >= 0.3 is 5.97 Å². The van der Waals surface area contributed by atoms with Gasteiger partial charge in [0.1, 0.15) is 5.69 Å². The van der Waals surface area contributed by atoms with E-state index in [1.807, 2.05) is 6.07 Å². The van der Waals surface area contributed by atoms with Crippen LogP contribution < -0.4 is 0 Å². The first-order chi connectivity index (χ1) is 8.56. The number of nitrogens with zero attached hydrogens (tertiary/aromatic N) is 2. The number of hydrogen-bond acceptors (Lipinski definition) is 3. The molecule has 2 rings (SSSR count). The lowest BCUT2D eigenvalue weighted by molar-refractivity contribution is 0.0689. The number of carbonyl (C=O) groups is 1. The lowest BCUT2D eigenvalue weighted by Crippen LogP contribution is -2.32. The second-order valence-electron chi connectivity index (χ2n) is 5.29. The predicted octanol–water partition coefficient (Wildman–Crippen LogP) is 2.40. The van der Waals surface area contributed by atoms with E-state index >= 15 is 0 Å². The molecule has 0 amide bonds. The van der Waals surface area contributed by atoms with E-state index in [-0.39, 0.29) is 5.69 Å². The Bertz CT molecular complexity index is 428. The van der Waals surface area contributed by atoms with Crippen molar-refractivity contribution >= 4 is 5.97 Å². The van der Waals surface area contributed by atoms with Crippen molar-refractivity contribution in [3.8, 4) is 0 Å². The van der Waals surface area contributed by atoms with Crippen LogP contribution in [-0.2, 0) is 6.54 Å². The fourth-order valence-electron chi connectivity index (χ4n) is 1.98. The molecule has 4 nitrogen and oxygen atoms in total. The molecule has 1 aromatic rings. The zero-order chi connectivity index (χ0) is 13.1. The van der Waals surface area contributed by atoms with E-state index in [0.29, 0.717) is 6.04 Å². The molecule has 0 bridgehead atoms. The summed E-state index contributed by atoms with van der Waals surface area (Å²) in [6, 6.07) is 5.66. The molecule has 1 heterocycles. The van der Waals surface area contributed by atoms with Crippen LogP contribution in [0.25, 0.3) is 0 Å². The van der Waals surface area contributed by atoms with Gasteiger partial charge in [-0.3, -0.25) is 4.90 Å². The first kappa shape index (κ1) is 13.0. The molecule has 18 heavy (non-hydrogen) atoms. The lowest BCUT2D eigenvalue weighted by Gasteiger charge is -2.26. The van der Waals surface area contributed by atoms with Gasteiger partial charge in [0.15, 0.2) is 0 Å². The predicted molar refractivity (Wildman–Crippen MR) is 69.5 cm³/mol. The Morgan fingerprint density at radius 1 is 1.50 bits per heavy atom. The van der Waals surface area contributed by atoms with Gasteiger partial charge < -0.3 is 5.11 Å². The second kappa shape index (κ2) is 5.48. The molecule has 1 N–H and O–H groups in total. The van der Waals surface area contributed by atoms with Crippen molar-refractivity contribution in [1.82, 2.24) is 9.88 Å². The largest absolute Gasteiger partial charge is 0.477 e. The molecule has 0 atom stereocenters. The summed E-state index contributed by atoms with van der Waals surface area (Å²) >= 11 is 0. The van der Waals surface area contributed by atoms with E-state index in [1.165, 1.54) is 18.9 Å². The van der Waals surface area contributed by atoms with Gasteiger partial charge in [0, 0.05) is 19.1 Å². The van der Waals surface area contributed by atoms with Crippen molar-refractivity contribution in [2.24, 2.45) is 5.92 Å². The first-order valence-corrected chi connectivity index (χ1v) is 6.49. The third-order valence-corrected chi connectivity index (χ3v) is 3.31. The van der Waals surface area contributed by atoms with E-state index in [0.717, 1.165) is 24.7 Å². The molecule has 1 aliphatic carbocycles. The maximum atomic E-state index is 10.9. The summed E-state index contributed by atoms with van der Waals surface area (Å²) in [5.74, 6) is -0.134. The monoisotopic (exact) mass is 248 g/mol. The Kier molecular flexibility index (Phi) is 3.97. The molecular formula is C14H20N2O2. The highest BCUT2D eigenvalue weighted by Crippen LogP contribution is 2.30. The third-order valence-electron chi connectivity index (χ3n) is 3.31. The number of carboxylic acid groups (broad SMARTS) is 1. The van der Waals surface area contributed by atoms with E-state index < -0.39 is 5.97 Å². The number of aromatic nitrogens is 1. The number of hydrogen-bond donors (Lipinski definition) is 1. The summed E-state index contributed by atoms with van der Waals surface area (Å²) in [7, 11) is 0. The Labute approximate surface area is 108 Å². The molecule has 1 aliphatic rings. The van der Waals surface area contributed by atoms with Gasteiger partial charge in [0.2, 0.25) is 0 Å². The van der Waals surface area contributed by atoms with Crippen LogP contribution in [0, 0.1) is 5.92 Å². The van der Waals surface area contributed by atoms with Crippen molar-refractivity contribution in [2.45, 2.75) is 39.3 Å². The van der Waals surface area contributed by atoms with E-state index in [9.17, 15) is 4.79 Å². The molecule has 0 aromatic carbocycles. The molecule has 4 heteroatoms. The average Bonchev–Trinajstić information content (AvgIpc) is 3.12. The van der Waals surface area contributed by atoms with Crippen molar-refractivity contribution in [1.29, 1.82) is 0 Å². The minimum atomic E-state index is -0.963. The Morgan fingerprint density at radius 3 is 2.78 bits per heavy atom. The van der Waals surface area contributed by atoms with Gasteiger partial charge in [0.05, 0.1) is 5.69 Å². The minimum absolute atomic E-state index is 0.127. The maximum Gasteiger partial charge on any atom is 0.354 e. The van der Waals surface area contributed by atoms with Gasteiger partial charge in [0.25, 0.3) is 0 Å². The standard InChI is InChI=1S/C14H20N2O2/c1-10(2)16(8-11-6-7-11)9-12-4-3-5-13(15-12)14(17)18/h3-5,10-11H,6-9H2,1-2H3,(H,17,18).